The van der Waals surface area contributed by atoms with Crippen molar-refractivity contribution in [2.75, 3.05) is 31.3 Å². The van der Waals surface area contributed by atoms with E-state index in [1.54, 1.807) is 0 Å². The maximum absolute atomic E-state index is 11.2. The molecule has 1 aromatic rings. The maximum atomic E-state index is 11.2. The number of aryl methyl sites for hydroxylation is 1. The van der Waals surface area contributed by atoms with Gasteiger partial charge in [-0.3, -0.25) is 4.79 Å². The van der Waals surface area contributed by atoms with Gasteiger partial charge >= 0.3 is 0 Å². The van der Waals surface area contributed by atoms with E-state index in [9.17, 15) is 4.79 Å². The number of nitriles is 2. The number of benzene rings is 1. The third kappa shape index (κ3) is 7.31. The lowest BCUT2D eigenvalue weighted by atomic mass is 10.0. The van der Waals surface area contributed by atoms with Crippen molar-refractivity contribution in [3.8, 4) is 12.1 Å². The van der Waals surface area contributed by atoms with E-state index in [2.05, 4.69) is 17.0 Å². The third-order valence-electron chi connectivity index (χ3n) is 4.67. The number of ether oxygens (including phenoxy) is 2. The van der Waals surface area contributed by atoms with Crippen LogP contribution in [0.1, 0.15) is 55.5 Å². The summed E-state index contributed by atoms with van der Waals surface area (Å²) in [6.07, 6.45) is 2.99. The van der Waals surface area contributed by atoms with E-state index in [1.807, 2.05) is 39.0 Å². The molecule has 0 aliphatic heterocycles. The summed E-state index contributed by atoms with van der Waals surface area (Å²) in [6, 6.07) is 10.1. The van der Waals surface area contributed by atoms with Crippen molar-refractivity contribution in [3.05, 3.63) is 29.3 Å². The largest absolute Gasteiger partial charge is 0.380 e. The number of aldehydes is 1. The molecule has 1 rings (SSSR count). The molecule has 152 valence electrons. The Morgan fingerprint density at radius 2 is 1.57 bits per heavy atom. The summed E-state index contributed by atoms with van der Waals surface area (Å²) in [5.41, 5.74) is 2.50. The molecule has 6 heteroatoms. The molecule has 0 aliphatic rings. The van der Waals surface area contributed by atoms with Crippen LogP contribution in [0.3, 0.4) is 0 Å². The molecule has 0 radical (unpaired) electrons. The molecule has 0 amide bonds. The highest BCUT2D eigenvalue weighted by Crippen LogP contribution is 2.27. The molecule has 0 aliphatic carbocycles. The van der Waals surface area contributed by atoms with E-state index in [0.29, 0.717) is 57.7 Å². The quantitative estimate of drug-likeness (QED) is 0.449. The number of anilines is 1. The highest BCUT2D eigenvalue weighted by Gasteiger charge is 2.27. The number of hydrogen-bond donors (Lipinski definition) is 0. The number of carbonyl (C=O) groups is 1. The maximum Gasteiger partial charge on any atom is 0.150 e. The molecular weight excluding hydrogens is 354 g/mol. The van der Waals surface area contributed by atoms with Crippen LogP contribution in [-0.2, 0) is 9.47 Å². The van der Waals surface area contributed by atoms with Crippen molar-refractivity contribution in [2.45, 2.75) is 58.5 Å². The second-order valence-corrected chi connectivity index (χ2v) is 6.59. The van der Waals surface area contributed by atoms with Gasteiger partial charge < -0.3 is 14.4 Å². The van der Waals surface area contributed by atoms with Crippen LogP contribution in [0.4, 0.5) is 5.69 Å². The average molecular weight is 386 g/mol. The molecule has 0 aromatic heterocycles. The van der Waals surface area contributed by atoms with E-state index >= 15 is 0 Å². The van der Waals surface area contributed by atoms with Gasteiger partial charge in [-0.05, 0) is 57.4 Å². The van der Waals surface area contributed by atoms with E-state index in [1.165, 1.54) is 0 Å². The van der Waals surface area contributed by atoms with Crippen LogP contribution in [0.15, 0.2) is 18.2 Å². The molecule has 0 saturated heterocycles. The molecule has 0 saturated carbocycles. The Labute approximate surface area is 168 Å². The summed E-state index contributed by atoms with van der Waals surface area (Å²) in [7, 11) is 0. The van der Waals surface area contributed by atoms with Gasteiger partial charge in [0.25, 0.3) is 0 Å². The summed E-state index contributed by atoms with van der Waals surface area (Å²) < 4.78 is 11.4. The molecule has 1 aromatic carbocycles. The first-order valence-corrected chi connectivity index (χ1v) is 9.86. The van der Waals surface area contributed by atoms with Crippen LogP contribution in [0.2, 0.25) is 0 Å². The predicted molar refractivity (Wildman–Crippen MR) is 109 cm³/mol. The molecular formula is C22H31N3O3. The van der Waals surface area contributed by atoms with Crippen LogP contribution < -0.4 is 4.90 Å². The topological polar surface area (TPSA) is 86.4 Å². The lowest BCUT2D eigenvalue weighted by molar-refractivity contribution is 0.104. The minimum absolute atomic E-state index is 0.0229. The Kier molecular flexibility index (Phi) is 11.6. The second kappa shape index (κ2) is 13.7. The minimum atomic E-state index is -0.0229. The highest BCUT2D eigenvalue weighted by molar-refractivity contribution is 5.78. The predicted octanol–water partition coefficient (Wildman–Crippen LogP) is 4.03. The van der Waals surface area contributed by atoms with Gasteiger partial charge in [0.1, 0.15) is 6.29 Å². The zero-order valence-corrected chi connectivity index (χ0v) is 17.2. The van der Waals surface area contributed by atoms with Crippen molar-refractivity contribution in [2.24, 2.45) is 0 Å². The Morgan fingerprint density at radius 3 is 1.96 bits per heavy atom. The Bertz CT molecular complexity index is 649. The standard InChI is InChI=1S/C22H31N3O3/c1-4-27-16-21(8-6-12-23)25(22(9-7-13-24)17-28-5-2)20-11-10-19(15-26)18(3)14-20/h10-11,14-15,21-22H,4-9,16-17H2,1-3H3. The first kappa shape index (κ1) is 23.6. The van der Waals surface area contributed by atoms with Gasteiger partial charge in [-0.15, -0.1) is 0 Å². The monoisotopic (exact) mass is 385 g/mol. The molecule has 0 fully saturated rings. The van der Waals surface area contributed by atoms with E-state index in [-0.39, 0.29) is 12.1 Å². The normalized spacial score (nSPS) is 12.6. The van der Waals surface area contributed by atoms with Gasteiger partial charge in [-0.25, -0.2) is 0 Å². The van der Waals surface area contributed by atoms with Gasteiger partial charge in [0.15, 0.2) is 0 Å². The van der Waals surface area contributed by atoms with Crippen molar-refractivity contribution in [1.29, 1.82) is 10.5 Å². The smallest absolute Gasteiger partial charge is 0.150 e. The number of nitrogens with zero attached hydrogens (tertiary/aromatic N) is 3. The van der Waals surface area contributed by atoms with E-state index in [4.69, 9.17) is 20.0 Å². The molecule has 0 spiro atoms. The molecule has 2 unspecified atom stereocenters. The fourth-order valence-electron chi connectivity index (χ4n) is 3.25. The van der Waals surface area contributed by atoms with Crippen molar-refractivity contribution in [3.63, 3.8) is 0 Å². The van der Waals surface area contributed by atoms with Crippen LogP contribution in [0.25, 0.3) is 0 Å². The summed E-state index contributed by atoms with van der Waals surface area (Å²) in [6.45, 7) is 7.96. The fourth-order valence-corrected chi connectivity index (χ4v) is 3.25. The van der Waals surface area contributed by atoms with Crippen molar-refractivity contribution >= 4 is 12.0 Å². The Morgan fingerprint density at radius 1 is 1.04 bits per heavy atom. The van der Waals surface area contributed by atoms with Gasteiger partial charge in [0.2, 0.25) is 0 Å². The summed E-state index contributed by atoms with van der Waals surface area (Å²) >= 11 is 0. The fraction of sp³-hybridized carbons (Fsp3) is 0.591. The highest BCUT2D eigenvalue weighted by atomic mass is 16.5. The SMILES string of the molecule is CCOCC(CCC#N)N(c1ccc(C=O)c(C)c1)C(CCC#N)COCC. The number of rotatable bonds is 14. The zero-order valence-electron chi connectivity index (χ0n) is 17.2. The summed E-state index contributed by atoms with van der Waals surface area (Å²) in [4.78, 5) is 13.4. The summed E-state index contributed by atoms with van der Waals surface area (Å²) in [5.74, 6) is 0. The lowest BCUT2D eigenvalue weighted by Gasteiger charge is -2.40. The average Bonchev–Trinajstić information content (AvgIpc) is 2.71. The van der Waals surface area contributed by atoms with Gasteiger partial charge in [-0.2, -0.15) is 10.5 Å². The molecule has 0 bridgehead atoms. The molecule has 2 atom stereocenters. The van der Waals surface area contributed by atoms with Crippen LogP contribution >= 0.6 is 0 Å². The van der Waals surface area contributed by atoms with Crippen molar-refractivity contribution in [1.82, 2.24) is 0 Å². The number of carbonyl (C=O) groups excluding carboxylic acids is 1. The molecule has 6 nitrogen and oxygen atoms in total. The lowest BCUT2D eigenvalue weighted by Crippen LogP contribution is -2.48. The van der Waals surface area contributed by atoms with Gasteiger partial charge in [-0.1, -0.05) is 0 Å². The molecule has 28 heavy (non-hydrogen) atoms. The summed E-state index contributed by atoms with van der Waals surface area (Å²) in [5, 5.41) is 18.2. The van der Waals surface area contributed by atoms with Crippen LogP contribution in [0.5, 0.6) is 0 Å². The van der Waals surface area contributed by atoms with Gasteiger partial charge in [0, 0.05) is 37.3 Å². The Balaban J connectivity index is 3.34. The molecule has 0 heterocycles. The zero-order chi connectivity index (χ0) is 20.8. The third-order valence-corrected chi connectivity index (χ3v) is 4.67. The minimum Gasteiger partial charge on any atom is -0.380 e. The Hall–Kier alpha value is -2.41. The first-order chi connectivity index (χ1) is 13.6. The van der Waals surface area contributed by atoms with E-state index in [0.717, 1.165) is 17.5 Å². The van der Waals surface area contributed by atoms with Gasteiger partial charge in [0.05, 0.1) is 37.4 Å². The number of hydrogen-bond acceptors (Lipinski definition) is 6. The molecule has 0 N–H and O–H groups in total. The second-order valence-electron chi connectivity index (χ2n) is 6.59. The van der Waals surface area contributed by atoms with Crippen LogP contribution in [0, 0.1) is 29.6 Å². The van der Waals surface area contributed by atoms with E-state index < -0.39 is 0 Å². The first-order valence-electron chi connectivity index (χ1n) is 9.86. The van der Waals surface area contributed by atoms with Crippen molar-refractivity contribution < 1.29 is 14.3 Å². The van der Waals surface area contributed by atoms with Crippen LogP contribution in [-0.4, -0.2) is 44.8 Å².